The van der Waals surface area contributed by atoms with Gasteiger partial charge in [-0.25, -0.2) is 0 Å². The summed E-state index contributed by atoms with van der Waals surface area (Å²) in [5, 5.41) is 12.9. The van der Waals surface area contributed by atoms with E-state index in [1.54, 1.807) is 0 Å². The maximum absolute atomic E-state index is 9.36. The molecule has 1 rings (SSSR count). The van der Waals surface area contributed by atoms with Crippen molar-refractivity contribution in [3.8, 4) is 0 Å². The topological polar surface area (TPSA) is 35.5 Å². The molecule has 16 heavy (non-hydrogen) atoms. The second-order valence-electron chi connectivity index (χ2n) is 5.81. The summed E-state index contributed by atoms with van der Waals surface area (Å²) in [7, 11) is 2.11. The van der Waals surface area contributed by atoms with Gasteiger partial charge in [0.1, 0.15) is 0 Å². The molecule has 1 heterocycles. The molecule has 0 aromatic rings. The molecule has 0 saturated carbocycles. The molecule has 0 amide bonds. The highest BCUT2D eigenvalue weighted by Gasteiger charge is 2.28. The lowest BCUT2D eigenvalue weighted by molar-refractivity contribution is 0.0433. The summed E-state index contributed by atoms with van der Waals surface area (Å²) < 4.78 is 0. The number of piperidine rings is 1. The number of nitrogens with one attached hydrogen (secondary N) is 1. The van der Waals surface area contributed by atoms with E-state index in [-0.39, 0.29) is 12.1 Å². The Kier molecular flexibility index (Phi) is 5.22. The second-order valence-corrected chi connectivity index (χ2v) is 5.81. The van der Waals surface area contributed by atoms with Crippen molar-refractivity contribution in [2.45, 2.75) is 64.1 Å². The monoisotopic (exact) mass is 228 g/mol. The van der Waals surface area contributed by atoms with Gasteiger partial charge in [0.25, 0.3) is 0 Å². The van der Waals surface area contributed by atoms with E-state index >= 15 is 0 Å². The summed E-state index contributed by atoms with van der Waals surface area (Å²) >= 11 is 0. The van der Waals surface area contributed by atoms with Gasteiger partial charge in [0.05, 0.1) is 6.61 Å². The summed E-state index contributed by atoms with van der Waals surface area (Å²) in [5.41, 5.74) is -0.117. The Bertz CT molecular complexity index is 200. The Labute approximate surface area is 100 Å². The van der Waals surface area contributed by atoms with Gasteiger partial charge < -0.3 is 10.4 Å². The minimum absolute atomic E-state index is 0.117. The average molecular weight is 228 g/mol. The Morgan fingerprint density at radius 3 is 2.62 bits per heavy atom. The molecule has 3 nitrogen and oxygen atoms in total. The van der Waals surface area contributed by atoms with Crippen molar-refractivity contribution in [3.63, 3.8) is 0 Å². The highest BCUT2D eigenvalue weighted by molar-refractivity contribution is 4.85. The van der Waals surface area contributed by atoms with Crippen LogP contribution in [0.2, 0.25) is 0 Å². The Morgan fingerprint density at radius 1 is 1.44 bits per heavy atom. The number of likely N-dealkylation sites (N-methyl/N-ethyl adjacent to an activating group) is 1. The number of nitrogens with zero attached hydrogens (tertiary/aromatic N) is 1. The van der Waals surface area contributed by atoms with Gasteiger partial charge in [0.15, 0.2) is 0 Å². The SMILES string of the molecule is CC(CC1CCCCN1)N(C)C(C)(C)CO. The van der Waals surface area contributed by atoms with Crippen LogP contribution in [0.4, 0.5) is 0 Å². The van der Waals surface area contributed by atoms with E-state index in [2.05, 4.69) is 38.0 Å². The molecule has 0 bridgehead atoms. The Morgan fingerprint density at radius 2 is 2.12 bits per heavy atom. The zero-order valence-corrected chi connectivity index (χ0v) is 11.3. The lowest BCUT2D eigenvalue weighted by Gasteiger charge is -2.40. The smallest absolute Gasteiger partial charge is 0.0610 e. The van der Waals surface area contributed by atoms with E-state index in [4.69, 9.17) is 0 Å². The van der Waals surface area contributed by atoms with Crippen molar-refractivity contribution in [2.75, 3.05) is 20.2 Å². The highest BCUT2D eigenvalue weighted by atomic mass is 16.3. The van der Waals surface area contributed by atoms with E-state index in [0.717, 1.165) is 0 Å². The lowest BCUT2D eigenvalue weighted by Crippen LogP contribution is -2.51. The molecule has 2 atom stereocenters. The van der Waals surface area contributed by atoms with E-state index in [0.29, 0.717) is 12.1 Å². The molecular weight excluding hydrogens is 200 g/mol. The zero-order valence-electron chi connectivity index (χ0n) is 11.3. The van der Waals surface area contributed by atoms with Crippen LogP contribution in [0.25, 0.3) is 0 Å². The van der Waals surface area contributed by atoms with Crippen LogP contribution in [0.5, 0.6) is 0 Å². The average Bonchev–Trinajstić information content (AvgIpc) is 2.29. The molecule has 2 N–H and O–H groups in total. The summed E-state index contributed by atoms with van der Waals surface area (Å²) in [6.45, 7) is 7.83. The Hall–Kier alpha value is -0.120. The number of rotatable bonds is 5. The van der Waals surface area contributed by atoms with Crippen LogP contribution >= 0.6 is 0 Å². The summed E-state index contributed by atoms with van der Waals surface area (Å²) in [5.74, 6) is 0. The second kappa shape index (κ2) is 5.99. The lowest BCUT2D eigenvalue weighted by atomic mass is 9.95. The Balaban J connectivity index is 2.41. The van der Waals surface area contributed by atoms with E-state index in [1.807, 2.05) is 0 Å². The first-order valence-corrected chi connectivity index (χ1v) is 6.54. The molecule has 0 aromatic heterocycles. The molecule has 1 fully saturated rings. The maximum Gasteiger partial charge on any atom is 0.0610 e. The summed E-state index contributed by atoms with van der Waals surface area (Å²) in [6, 6.07) is 1.18. The number of aliphatic hydroxyl groups is 1. The molecule has 3 heteroatoms. The van der Waals surface area contributed by atoms with E-state index in [1.165, 1.54) is 32.2 Å². The maximum atomic E-state index is 9.36. The van der Waals surface area contributed by atoms with Crippen molar-refractivity contribution in [2.24, 2.45) is 0 Å². The van der Waals surface area contributed by atoms with Crippen molar-refractivity contribution >= 4 is 0 Å². The molecule has 2 unspecified atom stereocenters. The van der Waals surface area contributed by atoms with Gasteiger partial charge >= 0.3 is 0 Å². The third kappa shape index (κ3) is 3.72. The summed E-state index contributed by atoms with van der Waals surface area (Å²) in [6.07, 6.45) is 5.16. The fraction of sp³-hybridized carbons (Fsp3) is 1.00. The van der Waals surface area contributed by atoms with Gasteiger partial charge in [0, 0.05) is 17.6 Å². The molecule has 1 saturated heterocycles. The minimum atomic E-state index is -0.117. The standard InChI is InChI=1S/C13H28N2O/c1-11(15(4)13(2,3)10-16)9-12-7-5-6-8-14-12/h11-12,14,16H,5-10H2,1-4H3. The minimum Gasteiger partial charge on any atom is -0.394 e. The molecule has 0 radical (unpaired) electrons. The van der Waals surface area contributed by atoms with Gasteiger partial charge in [-0.2, -0.15) is 0 Å². The van der Waals surface area contributed by atoms with Crippen molar-refractivity contribution in [1.29, 1.82) is 0 Å². The van der Waals surface area contributed by atoms with Gasteiger partial charge in [-0.15, -0.1) is 0 Å². The first-order chi connectivity index (χ1) is 7.47. The largest absolute Gasteiger partial charge is 0.394 e. The molecule has 0 aromatic carbocycles. The first kappa shape index (κ1) is 13.9. The van der Waals surface area contributed by atoms with Crippen molar-refractivity contribution in [1.82, 2.24) is 10.2 Å². The van der Waals surface area contributed by atoms with E-state index in [9.17, 15) is 5.11 Å². The van der Waals surface area contributed by atoms with Gasteiger partial charge in [-0.1, -0.05) is 6.42 Å². The number of aliphatic hydroxyl groups excluding tert-OH is 1. The van der Waals surface area contributed by atoms with Gasteiger partial charge in [-0.05, 0) is 53.6 Å². The molecule has 1 aliphatic heterocycles. The zero-order chi connectivity index (χ0) is 12.2. The van der Waals surface area contributed by atoms with Crippen LogP contribution < -0.4 is 5.32 Å². The fourth-order valence-electron chi connectivity index (χ4n) is 2.40. The van der Waals surface area contributed by atoms with Crippen LogP contribution in [0.1, 0.15) is 46.5 Å². The predicted molar refractivity (Wildman–Crippen MR) is 68.6 cm³/mol. The highest BCUT2D eigenvalue weighted by Crippen LogP contribution is 2.20. The normalized spacial score (nSPS) is 24.8. The van der Waals surface area contributed by atoms with Gasteiger partial charge in [0.2, 0.25) is 0 Å². The molecular formula is C13H28N2O. The van der Waals surface area contributed by atoms with Gasteiger partial charge in [-0.3, -0.25) is 4.90 Å². The van der Waals surface area contributed by atoms with Crippen molar-refractivity contribution < 1.29 is 5.11 Å². The van der Waals surface area contributed by atoms with Crippen LogP contribution in [0.15, 0.2) is 0 Å². The number of hydrogen-bond acceptors (Lipinski definition) is 3. The fourth-order valence-corrected chi connectivity index (χ4v) is 2.40. The van der Waals surface area contributed by atoms with Crippen LogP contribution in [0, 0.1) is 0 Å². The molecule has 0 spiro atoms. The third-order valence-corrected chi connectivity index (χ3v) is 4.04. The predicted octanol–water partition coefficient (Wildman–Crippen LogP) is 1.61. The third-order valence-electron chi connectivity index (χ3n) is 4.04. The molecule has 1 aliphatic rings. The van der Waals surface area contributed by atoms with Crippen LogP contribution in [-0.2, 0) is 0 Å². The number of hydrogen-bond donors (Lipinski definition) is 2. The molecule has 96 valence electrons. The molecule has 0 aliphatic carbocycles. The van der Waals surface area contributed by atoms with Crippen LogP contribution in [-0.4, -0.2) is 47.8 Å². The quantitative estimate of drug-likeness (QED) is 0.750. The first-order valence-electron chi connectivity index (χ1n) is 6.54. The summed E-state index contributed by atoms with van der Waals surface area (Å²) in [4.78, 5) is 2.29. The van der Waals surface area contributed by atoms with Crippen LogP contribution in [0.3, 0.4) is 0 Å². The van der Waals surface area contributed by atoms with E-state index < -0.39 is 0 Å². The van der Waals surface area contributed by atoms with Crippen molar-refractivity contribution in [3.05, 3.63) is 0 Å².